The van der Waals surface area contributed by atoms with Crippen LogP contribution >= 0.6 is 0 Å². The third-order valence-corrected chi connectivity index (χ3v) is 3.71. The fourth-order valence-corrected chi connectivity index (χ4v) is 2.45. The zero-order chi connectivity index (χ0) is 15.4. The molecule has 2 amide bonds. The molecule has 3 rings (SSSR count). The lowest BCUT2D eigenvalue weighted by molar-refractivity contribution is -0.129. The molecule has 1 fully saturated rings. The first kappa shape index (κ1) is 14.2. The lowest BCUT2D eigenvalue weighted by Gasteiger charge is -2.21. The molecule has 0 spiro atoms. The third kappa shape index (κ3) is 3.13. The second-order valence-electron chi connectivity index (χ2n) is 5.21. The van der Waals surface area contributed by atoms with E-state index in [4.69, 9.17) is 0 Å². The Kier molecular flexibility index (Phi) is 4.13. The Balaban J connectivity index is 1.62. The number of carbonyl (C=O) groups excluding carboxylic acids is 2. The first-order valence-corrected chi connectivity index (χ1v) is 7.23. The number of hydrogen-bond acceptors (Lipinski definition) is 4. The van der Waals surface area contributed by atoms with Gasteiger partial charge in [0.2, 0.25) is 11.8 Å². The van der Waals surface area contributed by atoms with Crippen LogP contribution in [0, 0.1) is 5.92 Å². The number of rotatable bonds is 4. The number of nitrogens with one attached hydrogen (secondary N) is 2. The van der Waals surface area contributed by atoms with Gasteiger partial charge in [-0.05, 0) is 18.6 Å². The topological polar surface area (TPSA) is 88.9 Å². The van der Waals surface area contributed by atoms with E-state index in [0.29, 0.717) is 31.8 Å². The summed E-state index contributed by atoms with van der Waals surface area (Å²) in [7, 11) is 0. The Morgan fingerprint density at radius 1 is 1.36 bits per heavy atom. The minimum Gasteiger partial charge on any atom is -0.355 e. The highest BCUT2D eigenvalue weighted by Gasteiger charge is 2.24. The molecular formula is C15H17N5O2. The Morgan fingerprint density at radius 2 is 2.18 bits per heavy atom. The van der Waals surface area contributed by atoms with Gasteiger partial charge in [0.1, 0.15) is 6.33 Å². The van der Waals surface area contributed by atoms with Crippen LogP contribution in [0.1, 0.15) is 18.7 Å². The lowest BCUT2D eigenvalue weighted by Crippen LogP contribution is -2.42. The highest BCUT2D eigenvalue weighted by molar-refractivity contribution is 5.83. The van der Waals surface area contributed by atoms with E-state index in [-0.39, 0.29) is 17.7 Å². The SMILES string of the molecule is O=C1CCC(C(=O)NCc2nncn2-c2ccccc2)CN1. The van der Waals surface area contributed by atoms with Crippen molar-refractivity contribution in [3.63, 3.8) is 0 Å². The van der Waals surface area contributed by atoms with Gasteiger partial charge in [-0.15, -0.1) is 10.2 Å². The third-order valence-electron chi connectivity index (χ3n) is 3.71. The average molecular weight is 299 g/mol. The van der Waals surface area contributed by atoms with Crippen LogP contribution in [0.3, 0.4) is 0 Å². The number of nitrogens with zero attached hydrogens (tertiary/aromatic N) is 3. The van der Waals surface area contributed by atoms with Crippen molar-refractivity contribution in [2.75, 3.05) is 6.54 Å². The van der Waals surface area contributed by atoms with Crippen molar-refractivity contribution in [3.8, 4) is 5.69 Å². The molecule has 2 N–H and O–H groups in total. The van der Waals surface area contributed by atoms with Crippen molar-refractivity contribution in [1.82, 2.24) is 25.4 Å². The van der Waals surface area contributed by atoms with E-state index in [1.54, 1.807) is 6.33 Å². The van der Waals surface area contributed by atoms with E-state index >= 15 is 0 Å². The van der Waals surface area contributed by atoms with Crippen LogP contribution in [-0.4, -0.2) is 33.1 Å². The summed E-state index contributed by atoms with van der Waals surface area (Å²) in [6.45, 7) is 0.703. The molecule has 1 aromatic carbocycles. The van der Waals surface area contributed by atoms with Crippen LogP contribution in [0.5, 0.6) is 0 Å². The van der Waals surface area contributed by atoms with Crippen LogP contribution in [0.2, 0.25) is 0 Å². The molecule has 22 heavy (non-hydrogen) atoms. The van der Waals surface area contributed by atoms with Gasteiger partial charge in [0, 0.05) is 18.7 Å². The summed E-state index contributed by atoms with van der Waals surface area (Å²) in [5.41, 5.74) is 0.946. The summed E-state index contributed by atoms with van der Waals surface area (Å²) in [5.74, 6) is 0.431. The molecule has 1 aromatic heterocycles. The minimum absolute atomic E-state index is 0.00729. The molecule has 7 nitrogen and oxygen atoms in total. The van der Waals surface area contributed by atoms with Gasteiger partial charge in [-0.1, -0.05) is 18.2 Å². The van der Waals surface area contributed by atoms with Gasteiger partial charge in [0.15, 0.2) is 5.82 Å². The highest BCUT2D eigenvalue weighted by atomic mass is 16.2. The first-order chi connectivity index (χ1) is 10.7. The van der Waals surface area contributed by atoms with E-state index in [1.807, 2.05) is 34.9 Å². The first-order valence-electron chi connectivity index (χ1n) is 7.23. The van der Waals surface area contributed by atoms with Gasteiger partial charge in [-0.3, -0.25) is 14.2 Å². The van der Waals surface area contributed by atoms with Crippen LogP contribution in [0.4, 0.5) is 0 Å². The van der Waals surface area contributed by atoms with Gasteiger partial charge in [0.05, 0.1) is 12.5 Å². The summed E-state index contributed by atoms with van der Waals surface area (Å²) in [6, 6.07) is 9.70. The average Bonchev–Trinajstić information content (AvgIpc) is 3.02. The maximum absolute atomic E-state index is 12.1. The van der Waals surface area contributed by atoms with Gasteiger partial charge in [-0.25, -0.2) is 0 Å². The van der Waals surface area contributed by atoms with E-state index in [1.165, 1.54) is 0 Å². The molecule has 7 heteroatoms. The second-order valence-corrected chi connectivity index (χ2v) is 5.21. The van der Waals surface area contributed by atoms with Crippen molar-refractivity contribution in [2.45, 2.75) is 19.4 Å². The molecule has 0 aliphatic carbocycles. The van der Waals surface area contributed by atoms with E-state index in [2.05, 4.69) is 20.8 Å². The van der Waals surface area contributed by atoms with Crippen LogP contribution < -0.4 is 10.6 Å². The summed E-state index contributed by atoms with van der Waals surface area (Å²) in [5, 5.41) is 13.5. The number of aromatic nitrogens is 3. The van der Waals surface area contributed by atoms with Gasteiger partial charge in [0.25, 0.3) is 0 Å². The fraction of sp³-hybridized carbons (Fsp3) is 0.333. The molecule has 0 radical (unpaired) electrons. The molecule has 0 bridgehead atoms. The van der Waals surface area contributed by atoms with E-state index < -0.39 is 0 Å². The van der Waals surface area contributed by atoms with Crippen LogP contribution in [-0.2, 0) is 16.1 Å². The van der Waals surface area contributed by atoms with Gasteiger partial charge in [-0.2, -0.15) is 0 Å². The lowest BCUT2D eigenvalue weighted by atomic mass is 9.98. The molecule has 2 aromatic rings. The van der Waals surface area contributed by atoms with Crippen LogP contribution in [0.25, 0.3) is 5.69 Å². The molecule has 1 aliphatic heterocycles. The van der Waals surface area contributed by atoms with Crippen molar-refractivity contribution >= 4 is 11.8 Å². The zero-order valence-electron chi connectivity index (χ0n) is 12.0. The number of hydrogen-bond donors (Lipinski definition) is 2. The predicted octanol–water partition coefficient (Wildman–Crippen LogP) is 0.410. The van der Waals surface area contributed by atoms with Gasteiger partial charge < -0.3 is 10.6 Å². The molecule has 1 unspecified atom stereocenters. The number of carbonyl (C=O) groups is 2. The van der Waals surface area contributed by atoms with Crippen molar-refractivity contribution in [3.05, 3.63) is 42.5 Å². The van der Waals surface area contributed by atoms with E-state index in [0.717, 1.165) is 5.69 Å². The van der Waals surface area contributed by atoms with E-state index in [9.17, 15) is 9.59 Å². The summed E-state index contributed by atoms with van der Waals surface area (Å²) < 4.78 is 1.84. The molecule has 1 aliphatic rings. The molecule has 2 heterocycles. The number of piperidine rings is 1. The Hall–Kier alpha value is -2.70. The second kappa shape index (κ2) is 6.38. The number of para-hydroxylation sites is 1. The maximum atomic E-state index is 12.1. The smallest absolute Gasteiger partial charge is 0.225 e. The molecule has 114 valence electrons. The number of benzene rings is 1. The molecular weight excluding hydrogens is 282 g/mol. The van der Waals surface area contributed by atoms with Crippen LogP contribution in [0.15, 0.2) is 36.7 Å². The summed E-state index contributed by atoms with van der Waals surface area (Å²) in [6.07, 6.45) is 2.61. The normalized spacial score (nSPS) is 17.8. The molecule has 0 saturated carbocycles. The molecule has 1 saturated heterocycles. The van der Waals surface area contributed by atoms with Gasteiger partial charge >= 0.3 is 0 Å². The predicted molar refractivity (Wildman–Crippen MR) is 78.9 cm³/mol. The minimum atomic E-state index is -0.175. The quantitative estimate of drug-likeness (QED) is 0.856. The Bertz CT molecular complexity index is 658. The van der Waals surface area contributed by atoms with Crippen molar-refractivity contribution < 1.29 is 9.59 Å². The summed E-state index contributed by atoms with van der Waals surface area (Å²) >= 11 is 0. The zero-order valence-corrected chi connectivity index (χ0v) is 12.0. The standard InChI is InChI=1S/C15H17N5O2/c21-14-7-6-11(8-16-14)15(22)17-9-13-19-18-10-20(13)12-4-2-1-3-5-12/h1-5,10-11H,6-9H2,(H,16,21)(H,17,22). The molecule has 1 atom stereocenters. The maximum Gasteiger partial charge on any atom is 0.225 e. The summed E-state index contributed by atoms with van der Waals surface area (Å²) in [4.78, 5) is 23.2. The number of amides is 2. The Morgan fingerprint density at radius 3 is 2.91 bits per heavy atom. The monoisotopic (exact) mass is 299 g/mol. The Labute approximate surface area is 127 Å². The van der Waals surface area contributed by atoms with Crippen molar-refractivity contribution in [1.29, 1.82) is 0 Å². The fourth-order valence-electron chi connectivity index (χ4n) is 2.45. The highest BCUT2D eigenvalue weighted by Crippen LogP contribution is 2.12. The largest absolute Gasteiger partial charge is 0.355 e. The van der Waals surface area contributed by atoms with Crippen molar-refractivity contribution in [2.24, 2.45) is 5.92 Å².